The molecule has 90 valence electrons. The van der Waals surface area contributed by atoms with E-state index in [0.29, 0.717) is 6.42 Å². The maximum absolute atomic E-state index is 11.2. The number of quaternary nitrogens is 1. The Morgan fingerprint density at radius 1 is 1.27 bits per heavy atom. The first kappa shape index (κ1) is 17.0. The summed E-state index contributed by atoms with van der Waals surface area (Å²) in [6.45, 7) is 8.67. The Labute approximate surface area is 102 Å². The lowest BCUT2D eigenvalue weighted by molar-refractivity contribution is -0.468. The molecule has 3 N–H and O–H groups in total. The predicted octanol–water partition coefficient (Wildman–Crippen LogP) is -2.82. The molecule has 1 atom stereocenters. The van der Waals surface area contributed by atoms with Gasteiger partial charge in [-0.05, 0) is 20.8 Å². The highest BCUT2D eigenvalue weighted by Gasteiger charge is 2.27. The maximum atomic E-state index is 11.2. The average molecular weight is 281 g/mol. The van der Waals surface area contributed by atoms with Gasteiger partial charge in [-0.25, -0.2) is 0 Å². The topological polar surface area (TPSA) is 65.0 Å². The summed E-state index contributed by atoms with van der Waals surface area (Å²) in [4.78, 5) is 23.7. The minimum atomic E-state index is -0.200. The zero-order chi connectivity index (χ0) is 11.5. The van der Waals surface area contributed by atoms with Crippen LogP contribution in [-0.2, 0) is 9.59 Å². The highest BCUT2D eigenvalue weighted by atomic mass is 79.9. The van der Waals surface area contributed by atoms with Crippen molar-refractivity contribution in [2.45, 2.75) is 52.6 Å². The molecule has 0 spiro atoms. The lowest BCUT2D eigenvalue weighted by Gasteiger charge is -2.28. The molecule has 0 aliphatic rings. The van der Waals surface area contributed by atoms with Gasteiger partial charge >= 0.3 is 0 Å². The first-order chi connectivity index (χ1) is 6.15. The van der Waals surface area contributed by atoms with Crippen LogP contribution in [0.3, 0.4) is 0 Å². The van der Waals surface area contributed by atoms with Gasteiger partial charge in [-0.3, -0.25) is 14.5 Å². The number of carbonyl (C=O) groups is 2. The van der Waals surface area contributed by atoms with E-state index in [-0.39, 0.29) is 40.4 Å². The van der Waals surface area contributed by atoms with Gasteiger partial charge in [0.25, 0.3) is 0 Å². The largest absolute Gasteiger partial charge is 1.00 e. The Balaban J connectivity index is 0. The number of carbonyl (C=O) groups excluding carboxylic acids is 2. The van der Waals surface area contributed by atoms with E-state index in [9.17, 15) is 9.59 Å². The van der Waals surface area contributed by atoms with Gasteiger partial charge in [0, 0.05) is 26.3 Å². The van der Waals surface area contributed by atoms with Crippen molar-refractivity contribution < 1.29 is 32.3 Å². The summed E-state index contributed by atoms with van der Waals surface area (Å²) in [5, 5.41) is 0. The molecule has 4 nitrogen and oxygen atoms in total. The van der Waals surface area contributed by atoms with Gasteiger partial charge in [0.1, 0.15) is 0 Å². The monoisotopic (exact) mass is 280 g/mol. The Morgan fingerprint density at radius 3 is 1.80 bits per heavy atom. The molecule has 0 saturated heterocycles. The Bertz CT molecular complexity index is 222. The average Bonchev–Trinajstić information content (AvgIpc) is 1.78. The van der Waals surface area contributed by atoms with Gasteiger partial charge in [0.15, 0.2) is 0 Å². The number of nitrogens with zero attached hydrogens (tertiary/aromatic N) is 1. The van der Waals surface area contributed by atoms with Crippen LogP contribution in [0.25, 0.3) is 0 Å². The molecule has 0 aromatic carbocycles. The third kappa shape index (κ3) is 6.62. The van der Waals surface area contributed by atoms with E-state index in [2.05, 4.69) is 5.73 Å². The number of hydrogen-bond donors (Lipinski definition) is 1. The molecule has 1 unspecified atom stereocenters. The van der Waals surface area contributed by atoms with Crippen molar-refractivity contribution in [2.24, 2.45) is 0 Å². The Hall–Kier alpha value is -0.420. The second-order valence-corrected chi connectivity index (χ2v) is 4.63. The molecule has 0 saturated carbocycles. The quantitative estimate of drug-likeness (QED) is 0.607. The van der Waals surface area contributed by atoms with Crippen molar-refractivity contribution >= 4 is 11.8 Å². The van der Waals surface area contributed by atoms with Crippen LogP contribution in [0.15, 0.2) is 0 Å². The molecule has 5 heteroatoms. The number of halogens is 1. The van der Waals surface area contributed by atoms with Gasteiger partial charge in [-0.2, -0.15) is 0 Å². The van der Waals surface area contributed by atoms with E-state index < -0.39 is 0 Å². The van der Waals surface area contributed by atoms with Gasteiger partial charge in [0.05, 0.1) is 5.54 Å². The van der Waals surface area contributed by atoms with E-state index in [1.165, 1.54) is 18.7 Å². The molecular formula is C10H21BrN2O2. The Kier molecular flexibility index (Phi) is 7.05. The number of amides is 2. The third-order valence-corrected chi connectivity index (χ3v) is 1.97. The van der Waals surface area contributed by atoms with Crippen LogP contribution in [-0.4, -0.2) is 28.3 Å². The van der Waals surface area contributed by atoms with Crippen LogP contribution in [0.1, 0.15) is 41.0 Å². The second kappa shape index (κ2) is 6.23. The number of hydrogen-bond acceptors (Lipinski definition) is 2. The number of imide groups is 1. The zero-order valence-electron chi connectivity index (χ0n) is 10.1. The minimum absolute atomic E-state index is 0. The Morgan fingerprint density at radius 2 is 1.60 bits per heavy atom. The normalized spacial score (nSPS) is 12.7. The predicted molar refractivity (Wildman–Crippen MR) is 54.2 cm³/mol. The fraction of sp³-hybridized carbons (Fsp3) is 0.800. The SMILES string of the molecule is CC(=O)N(C(C)=O)C(C)CC(C)(C)[NH3+].[Br-]. The molecule has 0 heterocycles. The molecule has 0 aromatic rings. The minimum Gasteiger partial charge on any atom is -1.00 e. The van der Waals surface area contributed by atoms with E-state index in [0.717, 1.165) is 0 Å². The van der Waals surface area contributed by atoms with Crippen LogP contribution >= 0.6 is 0 Å². The van der Waals surface area contributed by atoms with Crippen molar-refractivity contribution in [3.8, 4) is 0 Å². The van der Waals surface area contributed by atoms with E-state index in [1.54, 1.807) is 0 Å². The molecule has 0 bridgehead atoms. The summed E-state index contributed by atoms with van der Waals surface area (Å²) in [6, 6.07) is -0.0856. The first-order valence-electron chi connectivity index (χ1n) is 4.81. The zero-order valence-corrected chi connectivity index (χ0v) is 11.7. The van der Waals surface area contributed by atoms with Crippen LogP contribution in [0.4, 0.5) is 0 Å². The van der Waals surface area contributed by atoms with E-state index in [1.807, 2.05) is 20.8 Å². The van der Waals surface area contributed by atoms with Crippen molar-refractivity contribution in [2.75, 3.05) is 0 Å². The molecule has 15 heavy (non-hydrogen) atoms. The summed E-state index contributed by atoms with van der Waals surface area (Å²) in [5.74, 6) is -0.400. The molecule has 0 aliphatic heterocycles. The van der Waals surface area contributed by atoms with Crippen LogP contribution in [0.5, 0.6) is 0 Å². The highest BCUT2D eigenvalue weighted by molar-refractivity contribution is 5.93. The van der Waals surface area contributed by atoms with E-state index >= 15 is 0 Å². The van der Waals surface area contributed by atoms with Crippen molar-refractivity contribution in [3.05, 3.63) is 0 Å². The molecule has 0 fully saturated rings. The lowest BCUT2D eigenvalue weighted by Crippen LogP contribution is -3.00. The number of rotatable bonds is 3. The molecule has 0 aliphatic carbocycles. The third-order valence-electron chi connectivity index (χ3n) is 1.97. The van der Waals surface area contributed by atoms with Gasteiger partial charge < -0.3 is 22.7 Å². The fourth-order valence-corrected chi connectivity index (χ4v) is 1.73. The summed E-state index contributed by atoms with van der Waals surface area (Å²) in [6.07, 6.45) is 0.714. The molecule has 0 rings (SSSR count). The fourth-order valence-electron chi connectivity index (χ4n) is 1.73. The maximum Gasteiger partial charge on any atom is 0.226 e. The first-order valence-corrected chi connectivity index (χ1v) is 4.81. The summed E-state index contributed by atoms with van der Waals surface area (Å²) < 4.78 is 0. The van der Waals surface area contributed by atoms with E-state index in [4.69, 9.17) is 0 Å². The van der Waals surface area contributed by atoms with Crippen LogP contribution < -0.4 is 22.7 Å². The summed E-state index contributed by atoms with van der Waals surface area (Å²) in [5.41, 5.74) is 3.84. The summed E-state index contributed by atoms with van der Waals surface area (Å²) in [7, 11) is 0. The standard InChI is InChI=1S/C10H20N2O2.BrH/c1-7(6-10(4,5)11)12(8(2)13)9(3)14;/h7H,6,11H2,1-5H3;1H. The van der Waals surface area contributed by atoms with Gasteiger partial charge in [-0.1, -0.05) is 0 Å². The smallest absolute Gasteiger partial charge is 0.226 e. The second-order valence-electron chi connectivity index (χ2n) is 4.63. The van der Waals surface area contributed by atoms with Gasteiger partial charge in [-0.15, -0.1) is 0 Å². The van der Waals surface area contributed by atoms with Crippen molar-refractivity contribution in [3.63, 3.8) is 0 Å². The van der Waals surface area contributed by atoms with Crippen LogP contribution in [0, 0.1) is 0 Å². The molecule has 2 amide bonds. The van der Waals surface area contributed by atoms with Crippen molar-refractivity contribution in [1.82, 2.24) is 4.90 Å². The summed E-state index contributed by atoms with van der Waals surface area (Å²) >= 11 is 0. The lowest BCUT2D eigenvalue weighted by atomic mass is 9.96. The molecule has 0 aromatic heterocycles. The van der Waals surface area contributed by atoms with Gasteiger partial charge in [0.2, 0.25) is 11.8 Å². The molecular weight excluding hydrogens is 260 g/mol. The highest BCUT2D eigenvalue weighted by Crippen LogP contribution is 2.12. The van der Waals surface area contributed by atoms with Crippen LogP contribution in [0.2, 0.25) is 0 Å². The van der Waals surface area contributed by atoms with Crippen molar-refractivity contribution in [1.29, 1.82) is 0 Å². The molecule has 0 radical (unpaired) electrons.